The van der Waals surface area contributed by atoms with Gasteiger partial charge < -0.3 is 39.9 Å². The van der Waals surface area contributed by atoms with E-state index in [2.05, 4.69) is 4.84 Å². The first-order chi connectivity index (χ1) is 12.3. The Morgan fingerprint density at radius 3 is 1.81 bits per heavy atom. The van der Waals surface area contributed by atoms with Gasteiger partial charge >= 0.3 is 11.9 Å². The van der Waals surface area contributed by atoms with Gasteiger partial charge in [0.15, 0.2) is 6.10 Å². The second-order valence-electron chi connectivity index (χ2n) is 4.85. The van der Waals surface area contributed by atoms with E-state index in [1.165, 1.54) is 0 Å². The summed E-state index contributed by atoms with van der Waals surface area (Å²) in [6.45, 7) is -0.783. The Morgan fingerprint density at radius 1 is 0.885 bits per heavy atom. The fourth-order valence-electron chi connectivity index (χ4n) is 1.84. The highest BCUT2D eigenvalue weighted by molar-refractivity contribution is 5.82. The molecular formula is C14H16N2O10. The van der Waals surface area contributed by atoms with Crippen LogP contribution in [-0.4, -0.2) is 66.2 Å². The molecule has 142 valence electrons. The van der Waals surface area contributed by atoms with Gasteiger partial charge in [-0.05, 0) is 0 Å². The standard InChI is InChI=1S/C14H16N2O10/c17-5-6-24-8(14(23)26-16-11(20)3-4-12(16)21)7-13(22)25-15-9(18)1-2-10(15)19/h1-4,8,17-21H,5-7H2. The van der Waals surface area contributed by atoms with E-state index in [1.54, 1.807) is 0 Å². The van der Waals surface area contributed by atoms with Crippen LogP contribution in [0, 0.1) is 0 Å². The van der Waals surface area contributed by atoms with Gasteiger partial charge in [-0.15, -0.1) is 9.46 Å². The molecule has 0 aliphatic rings. The molecule has 1 atom stereocenters. The molecule has 26 heavy (non-hydrogen) atoms. The molecule has 2 heterocycles. The van der Waals surface area contributed by atoms with Crippen molar-refractivity contribution in [1.82, 2.24) is 9.46 Å². The molecule has 0 fully saturated rings. The quantitative estimate of drug-likeness (QED) is 0.366. The molecule has 1 unspecified atom stereocenters. The summed E-state index contributed by atoms with van der Waals surface area (Å²) in [5, 5.41) is 46.5. The SMILES string of the molecule is O=C(CC(OCCO)C(=O)On1c(O)ccc1O)On1c(O)ccc1O. The highest BCUT2D eigenvalue weighted by Gasteiger charge is 2.28. The van der Waals surface area contributed by atoms with Crippen LogP contribution in [0.15, 0.2) is 24.3 Å². The summed E-state index contributed by atoms with van der Waals surface area (Å²) in [4.78, 5) is 33.4. The molecule has 2 aromatic heterocycles. The van der Waals surface area contributed by atoms with Gasteiger partial charge in [0, 0.05) is 24.3 Å². The molecule has 12 nitrogen and oxygen atoms in total. The molecule has 0 aliphatic carbocycles. The first-order valence-corrected chi connectivity index (χ1v) is 7.18. The number of hydrogen-bond acceptors (Lipinski definition) is 10. The van der Waals surface area contributed by atoms with Crippen molar-refractivity contribution < 1.29 is 49.5 Å². The highest BCUT2D eigenvalue weighted by Crippen LogP contribution is 2.20. The lowest BCUT2D eigenvalue weighted by Gasteiger charge is -2.16. The van der Waals surface area contributed by atoms with Crippen LogP contribution in [0.1, 0.15) is 6.42 Å². The second kappa shape index (κ2) is 8.13. The maximum Gasteiger partial charge on any atom is 0.362 e. The summed E-state index contributed by atoms with van der Waals surface area (Å²) in [6.07, 6.45) is -2.30. The van der Waals surface area contributed by atoms with E-state index in [-0.39, 0.29) is 6.61 Å². The summed E-state index contributed by atoms with van der Waals surface area (Å²) in [5.74, 6) is -4.56. The van der Waals surface area contributed by atoms with Gasteiger partial charge in [0.1, 0.15) is 0 Å². The molecule has 0 aromatic carbocycles. The third-order valence-electron chi connectivity index (χ3n) is 2.99. The lowest BCUT2D eigenvalue weighted by atomic mass is 10.2. The van der Waals surface area contributed by atoms with E-state index in [0.29, 0.717) is 9.46 Å². The van der Waals surface area contributed by atoms with Gasteiger partial charge in [0.25, 0.3) is 0 Å². The van der Waals surface area contributed by atoms with Crippen LogP contribution in [0.5, 0.6) is 23.5 Å². The largest absolute Gasteiger partial charge is 0.492 e. The van der Waals surface area contributed by atoms with Crippen LogP contribution >= 0.6 is 0 Å². The van der Waals surface area contributed by atoms with Crippen LogP contribution in [0.25, 0.3) is 0 Å². The molecule has 0 saturated heterocycles. The van der Waals surface area contributed by atoms with E-state index >= 15 is 0 Å². The predicted octanol–water partition coefficient (Wildman–Crippen LogP) is -1.51. The summed E-state index contributed by atoms with van der Waals surface area (Å²) in [6, 6.07) is 4.23. The summed E-state index contributed by atoms with van der Waals surface area (Å²) in [7, 11) is 0. The molecule has 0 aliphatic heterocycles. The van der Waals surface area contributed by atoms with Crippen LogP contribution in [0.4, 0.5) is 0 Å². The van der Waals surface area contributed by atoms with Crippen molar-refractivity contribution in [3.63, 3.8) is 0 Å². The minimum absolute atomic E-state index is 0.323. The van der Waals surface area contributed by atoms with E-state index in [1.807, 2.05) is 0 Å². The van der Waals surface area contributed by atoms with E-state index < -0.39 is 54.6 Å². The third kappa shape index (κ3) is 4.37. The average molecular weight is 372 g/mol. The summed E-state index contributed by atoms with van der Waals surface area (Å²) < 4.78 is 5.81. The molecule has 0 spiro atoms. The fraction of sp³-hybridized carbons (Fsp3) is 0.286. The molecule has 0 bridgehead atoms. The smallest absolute Gasteiger partial charge is 0.362 e. The normalized spacial score (nSPS) is 11.9. The van der Waals surface area contributed by atoms with Crippen molar-refractivity contribution in [1.29, 1.82) is 0 Å². The molecule has 12 heteroatoms. The summed E-state index contributed by atoms with van der Waals surface area (Å²) in [5.41, 5.74) is 0. The van der Waals surface area contributed by atoms with Gasteiger partial charge in [0.05, 0.1) is 19.6 Å². The topological polar surface area (TPSA) is 173 Å². The van der Waals surface area contributed by atoms with Gasteiger partial charge in [-0.2, -0.15) is 0 Å². The number of aliphatic hydroxyl groups is 1. The lowest BCUT2D eigenvalue weighted by molar-refractivity contribution is -0.166. The predicted molar refractivity (Wildman–Crippen MR) is 80.1 cm³/mol. The molecule has 0 amide bonds. The third-order valence-corrected chi connectivity index (χ3v) is 2.99. The van der Waals surface area contributed by atoms with Gasteiger partial charge in [-0.25, -0.2) is 9.59 Å². The molecule has 0 saturated carbocycles. The number of carbonyl (C=O) groups is 2. The zero-order valence-electron chi connectivity index (χ0n) is 13.2. The van der Waals surface area contributed by atoms with Gasteiger partial charge in [-0.3, -0.25) is 0 Å². The Morgan fingerprint density at radius 2 is 1.35 bits per heavy atom. The highest BCUT2D eigenvalue weighted by atomic mass is 16.7. The molecule has 2 rings (SSSR count). The average Bonchev–Trinajstić information content (AvgIpc) is 3.08. The Labute approximate surface area is 145 Å². The first-order valence-electron chi connectivity index (χ1n) is 7.18. The molecule has 0 radical (unpaired) electrons. The number of ether oxygens (including phenoxy) is 1. The Hall–Kier alpha value is -3.38. The maximum atomic E-state index is 12.1. The number of aliphatic hydroxyl groups excluding tert-OH is 1. The Bertz CT molecular complexity index is 742. The molecule has 2 aromatic rings. The van der Waals surface area contributed by atoms with Crippen LogP contribution in [0.2, 0.25) is 0 Å². The van der Waals surface area contributed by atoms with Crippen molar-refractivity contribution in [3.8, 4) is 23.5 Å². The number of aromatic nitrogens is 2. The monoisotopic (exact) mass is 372 g/mol. The first kappa shape index (κ1) is 19.0. The van der Waals surface area contributed by atoms with Crippen LogP contribution < -0.4 is 9.68 Å². The minimum atomic E-state index is -1.57. The van der Waals surface area contributed by atoms with Gasteiger partial charge in [-0.1, -0.05) is 0 Å². The number of carbonyl (C=O) groups excluding carboxylic acids is 2. The number of rotatable bonds is 8. The Balaban J connectivity index is 2.06. The minimum Gasteiger partial charge on any atom is -0.492 e. The molecule has 5 N–H and O–H groups in total. The van der Waals surface area contributed by atoms with Gasteiger partial charge in [0.2, 0.25) is 23.5 Å². The second-order valence-corrected chi connectivity index (χ2v) is 4.85. The van der Waals surface area contributed by atoms with E-state index in [9.17, 15) is 30.0 Å². The number of aromatic hydroxyl groups is 4. The molecular weight excluding hydrogens is 356 g/mol. The lowest BCUT2D eigenvalue weighted by Crippen LogP contribution is -2.37. The van der Waals surface area contributed by atoms with Crippen molar-refractivity contribution in [2.24, 2.45) is 0 Å². The zero-order chi connectivity index (χ0) is 19.3. The van der Waals surface area contributed by atoms with E-state index in [4.69, 9.17) is 14.7 Å². The van der Waals surface area contributed by atoms with Crippen LogP contribution in [-0.2, 0) is 14.3 Å². The number of nitrogens with zero attached hydrogens (tertiary/aromatic N) is 2. The van der Waals surface area contributed by atoms with Crippen molar-refractivity contribution in [2.75, 3.05) is 13.2 Å². The van der Waals surface area contributed by atoms with Crippen molar-refractivity contribution in [3.05, 3.63) is 24.3 Å². The Kier molecular flexibility index (Phi) is 5.93. The fourth-order valence-corrected chi connectivity index (χ4v) is 1.84. The number of hydrogen-bond donors (Lipinski definition) is 5. The maximum absolute atomic E-state index is 12.1. The summed E-state index contributed by atoms with van der Waals surface area (Å²) >= 11 is 0. The van der Waals surface area contributed by atoms with Crippen molar-refractivity contribution >= 4 is 11.9 Å². The van der Waals surface area contributed by atoms with Crippen LogP contribution in [0.3, 0.4) is 0 Å². The van der Waals surface area contributed by atoms with Crippen molar-refractivity contribution in [2.45, 2.75) is 12.5 Å². The zero-order valence-corrected chi connectivity index (χ0v) is 13.2. The van der Waals surface area contributed by atoms with E-state index in [0.717, 1.165) is 24.3 Å².